The molecule has 0 spiro atoms. The zero-order valence-electron chi connectivity index (χ0n) is 11.6. The first-order valence-corrected chi connectivity index (χ1v) is 7.56. The third kappa shape index (κ3) is 2.96. The van der Waals surface area contributed by atoms with Gasteiger partial charge in [0.2, 0.25) is 0 Å². The number of nitrogens with one attached hydrogen (secondary N) is 1. The number of aryl methyl sites for hydroxylation is 1. The zero-order chi connectivity index (χ0) is 13.9. The molecule has 0 saturated carbocycles. The van der Waals surface area contributed by atoms with Gasteiger partial charge in [0, 0.05) is 22.2 Å². The average Bonchev–Trinajstić information content (AvgIpc) is 2.83. The largest absolute Gasteiger partial charge is 0.366 e. The van der Waals surface area contributed by atoms with Gasteiger partial charge in [-0.3, -0.25) is 4.98 Å². The van der Waals surface area contributed by atoms with Gasteiger partial charge in [0.15, 0.2) is 0 Å². The molecule has 3 aromatic rings. The lowest BCUT2D eigenvalue weighted by molar-refractivity contribution is 0.794. The fourth-order valence-corrected chi connectivity index (χ4v) is 3.25. The topological polar surface area (TPSA) is 37.8 Å². The fraction of sp³-hybridized carbons (Fsp3) is 0.250. The van der Waals surface area contributed by atoms with Crippen LogP contribution < -0.4 is 5.32 Å². The average molecular weight is 283 g/mol. The van der Waals surface area contributed by atoms with E-state index in [0.717, 1.165) is 23.3 Å². The number of rotatable bonds is 4. The van der Waals surface area contributed by atoms with E-state index in [2.05, 4.69) is 41.3 Å². The molecule has 1 atom stereocenters. The molecule has 0 aliphatic heterocycles. The Bertz CT molecular complexity index is 720. The van der Waals surface area contributed by atoms with Gasteiger partial charge in [0.05, 0.1) is 17.2 Å². The van der Waals surface area contributed by atoms with E-state index in [9.17, 15) is 0 Å². The molecule has 1 N–H and O–H groups in total. The maximum absolute atomic E-state index is 4.59. The fourth-order valence-electron chi connectivity index (χ4n) is 2.23. The van der Waals surface area contributed by atoms with Gasteiger partial charge >= 0.3 is 0 Å². The SMILES string of the molecule is Cc1ccc(CC(C)Nc2cnc3ccccc3n2)s1. The molecule has 2 heterocycles. The predicted octanol–water partition coefficient (Wildman–Crippen LogP) is 4.04. The van der Waals surface area contributed by atoms with E-state index in [1.54, 1.807) is 6.20 Å². The van der Waals surface area contributed by atoms with E-state index in [0.29, 0.717) is 6.04 Å². The van der Waals surface area contributed by atoms with Gasteiger partial charge in [-0.1, -0.05) is 12.1 Å². The predicted molar refractivity (Wildman–Crippen MR) is 85.4 cm³/mol. The Hall–Kier alpha value is -1.94. The number of anilines is 1. The van der Waals surface area contributed by atoms with Crippen LogP contribution in [0.15, 0.2) is 42.6 Å². The minimum Gasteiger partial charge on any atom is -0.366 e. The zero-order valence-corrected chi connectivity index (χ0v) is 12.4. The standard InChI is InChI=1S/C16H17N3S/c1-11(9-13-8-7-12(2)20-13)18-16-10-17-14-5-3-4-6-15(14)19-16/h3-8,10-11H,9H2,1-2H3,(H,18,19). The van der Waals surface area contributed by atoms with E-state index in [1.807, 2.05) is 35.6 Å². The second kappa shape index (κ2) is 5.59. The summed E-state index contributed by atoms with van der Waals surface area (Å²) in [6.07, 6.45) is 2.81. The molecule has 3 nitrogen and oxygen atoms in total. The van der Waals surface area contributed by atoms with Crippen LogP contribution in [0.3, 0.4) is 0 Å². The van der Waals surface area contributed by atoms with Gasteiger partial charge in [0.1, 0.15) is 5.82 Å². The molecule has 2 aromatic heterocycles. The molecular weight excluding hydrogens is 266 g/mol. The number of thiophene rings is 1. The first-order valence-electron chi connectivity index (χ1n) is 6.74. The number of fused-ring (bicyclic) bond motifs is 1. The molecule has 0 aliphatic carbocycles. The van der Waals surface area contributed by atoms with Crippen molar-refractivity contribution in [3.05, 3.63) is 52.3 Å². The summed E-state index contributed by atoms with van der Waals surface area (Å²) in [6.45, 7) is 4.31. The van der Waals surface area contributed by atoms with Crippen molar-refractivity contribution in [1.29, 1.82) is 0 Å². The highest BCUT2D eigenvalue weighted by atomic mass is 32.1. The minimum atomic E-state index is 0.337. The van der Waals surface area contributed by atoms with Gasteiger partial charge < -0.3 is 5.32 Å². The molecule has 1 unspecified atom stereocenters. The van der Waals surface area contributed by atoms with Crippen LogP contribution in [0.1, 0.15) is 16.7 Å². The minimum absolute atomic E-state index is 0.337. The number of hydrogen-bond acceptors (Lipinski definition) is 4. The molecule has 1 aromatic carbocycles. The van der Waals surface area contributed by atoms with Crippen LogP contribution >= 0.6 is 11.3 Å². The van der Waals surface area contributed by atoms with E-state index < -0.39 is 0 Å². The molecule has 0 aliphatic rings. The highest BCUT2D eigenvalue weighted by molar-refractivity contribution is 7.11. The van der Waals surface area contributed by atoms with Crippen molar-refractivity contribution in [2.24, 2.45) is 0 Å². The van der Waals surface area contributed by atoms with E-state index in [4.69, 9.17) is 0 Å². The van der Waals surface area contributed by atoms with Crippen LogP contribution in [0.4, 0.5) is 5.82 Å². The second-order valence-electron chi connectivity index (χ2n) is 5.01. The first kappa shape index (κ1) is 13.1. The third-order valence-corrected chi connectivity index (χ3v) is 4.17. The summed E-state index contributed by atoms with van der Waals surface area (Å²) >= 11 is 1.85. The molecule has 0 bridgehead atoms. The van der Waals surface area contributed by atoms with Crippen molar-refractivity contribution >= 4 is 28.2 Å². The Labute approximate surface area is 122 Å². The molecule has 4 heteroatoms. The summed E-state index contributed by atoms with van der Waals surface area (Å²) in [4.78, 5) is 11.8. The molecule has 0 fully saturated rings. The summed E-state index contributed by atoms with van der Waals surface area (Å²) in [5, 5.41) is 3.42. The lowest BCUT2D eigenvalue weighted by Crippen LogP contribution is -2.18. The van der Waals surface area contributed by atoms with Crippen molar-refractivity contribution in [1.82, 2.24) is 9.97 Å². The van der Waals surface area contributed by atoms with Crippen molar-refractivity contribution < 1.29 is 0 Å². The Morgan fingerprint density at radius 2 is 1.95 bits per heavy atom. The number of aromatic nitrogens is 2. The first-order chi connectivity index (χ1) is 9.70. The number of nitrogens with zero attached hydrogens (tertiary/aromatic N) is 2. The van der Waals surface area contributed by atoms with Crippen LogP contribution in [-0.4, -0.2) is 16.0 Å². The van der Waals surface area contributed by atoms with Crippen molar-refractivity contribution in [3.8, 4) is 0 Å². The molecule has 3 rings (SSSR count). The van der Waals surface area contributed by atoms with Gasteiger partial charge in [-0.2, -0.15) is 0 Å². The van der Waals surface area contributed by atoms with E-state index in [-0.39, 0.29) is 0 Å². The quantitative estimate of drug-likeness (QED) is 0.785. The Kier molecular flexibility index (Phi) is 3.65. The number of para-hydroxylation sites is 2. The highest BCUT2D eigenvalue weighted by Gasteiger charge is 2.07. The smallest absolute Gasteiger partial charge is 0.145 e. The van der Waals surface area contributed by atoms with Gasteiger partial charge in [-0.25, -0.2) is 4.98 Å². The van der Waals surface area contributed by atoms with E-state index >= 15 is 0 Å². The maximum Gasteiger partial charge on any atom is 0.145 e. The number of hydrogen-bond donors (Lipinski definition) is 1. The monoisotopic (exact) mass is 283 g/mol. The Balaban J connectivity index is 1.72. The Morgan fingerprint density at radius 1 is 1.15 bits per heavy atom. The molecule has 0 amide bonds. The summed E-state index contributed by atoms with van der Waals surface area (Å²) in [7, 11) is 0. The lowest BCUT2D eigenvalue weighted by atomic mass is 10.2. The summed E-state index contributed by atoms with van der Waals surface area (Å²) in [6, 6.07) is 12.6. The maximum atomic E-state index is 4.59. The molecule has 0 radical (unpaired) electrons. The van der Waals surface area contributed by atoms with Gasteiger partial charge in [-0.15, -0.1) is 11.3 Å². The molecule has 20 heavy (non-hydrogen) atoms. The lowest BCUT2D eigenvalue weighted by Gasteiger charge is -2.13. The molecule has 102 valence electrons. The molecule has 0 saturated heterocycles. The van der Waals surface area contributed by atoms with Crippen molar-refractivity contribution in [3.63, 3.8) is 0 Å². The van der Waals surface area contributed by atoms with Crippen molar-refractivity contribution in [2.45, 2.75) is 26.3 Å². The van der Waals surface area contributed by atoms with Crippen LogP contribution in [0.25, 0.3) is 11.0 Å². The van der Waals surface area contributed by atoms with Gasteiger partial charge in [-0.05, 0) is 38.1 Å². The van der Waals surface area contributed by atoms with Crippen molar-refractivity contribution in [2.75, 3.05) is 5.32 Å². The van der Waals surface area contributed by atoms with Crippen LogP contribution in [0.5, 0.6) is 0 Å². The van der Waals surface area contributed by atoms with E-state index in [1.165, 1.54) is 9.75 Å². The highest BCUT2D eigenvalue weighted by Crippen LogP contribution is 2.18. The second-order valence-corrected chi connectivity index (χ2v) is 6.38. The van der Waals surface area contributed by atoms with Crippen LogP contribution in [-0.2, 0) is 6.42 Å². The third-order valence-electron chi connectivity index (χ3n) is 3.15. The summed E-state index contributed by atoms with van der Waals surface area (Å²) < 4.78 is 0. The summed E-state index contributed by atoms with van der Waals surface area (Å²) in [5.74, 6) is 0.837. The van der Waals surface area contributed by atoms with Crippen LogP contribution in [0.2, 0.25) is 0 Å². The normalized spacial score (nSPS) is 12.5. The van der Waals surface area contributed by atoms with Crippen LogP contribution in [0, 0.1) is 6.92 Å². The summed E-state index contributed by atoms with van der Waals surface area (Å²) in [5.41, 5.74) is 1.86. The number of benzene rings is 1. The van der Waals surface area contributed by atoms with Gasteiger partial charge in [0.25, 0.3) is 0 Å². The Morgan fingerprint density at radius 3 is 2.70 bits per heavy atom. The molecular formula is C16H17N3S.